The fourth-order valence-corrected chi connectivity index (χ4v) is 1.28. The van der Waals surface area contributed by atoms with Crippen LogP contribution in [0.25, 0.3) is 0 Å². The van der Waals surface area contributed by atoms with Crippen LogP contribution in [0.15, 0.2) is 24.3 Å². The molecule has 0 aromatic heterocycles. The van der Waals surface area contributed by atoms with E-state index in [-0.39, 0.29) is 5.69 Å². The first-order valence-electron chi connectivity index (χ1n) is 3.23. The molecule has 0 radical (unpaired) electrons. The number of alkyl halides is 3. The number of nitrogens with zero attached hydrogens (tertiary/aromatic N) is 1. The minimum absolute atomic E-state index is 0.0392. The summed E-state index contributed by atoms with van der Waals surface area (Å²) in [5, 5.41) is 10.4. The molecule has 0 atom stereocenters. The molecule has 0 heterocycles. The number of non-ortho nitro benzene ring substituents is 1. The summed E-state index contributed by atoms with van der Waals surface area (Å²) in [6.45, 7) is 0. The normalized spacial score (nSPS) is 11.3. The van der Waals surface area contributed by atoms with Crippen LogP contribution in [0.1, 0.15) is 5.56 Å². The Morgan fingerprint density at radius 3 is 2.54 bits per heavy atom. The fourth-order valence-electron chi connectivity index (χ4n) is 0.796. The van der Waals surface area contributed by atoms with Gasteiger partial charge in [0.2, 0.25) is 0 Å². The van der Waals surface area contributed by atoms with Crippen LogP contribution in [0.4, 0.5) is 5.69 Å². The standard InChI is InChI=1S/C7H4BrCl2NO2/c8-7(9,10)5-2-1-3-6(4-5)11(12)13/h1-4H. The average molecular weight is 285 g/mol. The molecule has 0 aliphatic heterocycles. The lowest BCUT2D eigenvalue weighted by atomic mass is 10.2. The van der Waals surface area contributed by atoms with E-state index >= 15 is 0 Å². The molecular weight excluding hydrogens is 281 g/mol. The van der Waals surface area contributed by atoms with Gasteiger partial charge in [-0.1, -0.05) is 35.3 Å². The predicted molar refractivity (Wildman–Crippen MR) is 55.4 cm³/mol. The van der Waals surface area contributed by atoms with Crippen LogP contribution in [0.5, 0.6) is 0 Å². The average Bonchev–Trinajstić information content (AvgIpc) is 2.03. The first-order valence-corrected chi connectivity index (χ1v) is 4.78. The summed E-state index contributed by atoms with van der Waals surface area (Å²) >= 11 is 14.4. The third-order valence-electron chi connectivity index (χ3n) is 1.38. The first kappa shape index (κ1) is 10.8. The highest BCUT2D eigenvalue weighted by Gasteiger charge is 2.23. The maximum Gasteiger partial charge on any atom is 0.269 e. The van der Waals surface area contributed by atoms with Gasteiger partial charge in [-0.3, -0.25) is 10.1 Å². The van der Waals surface area contributed by atoms with Crippen LogP contribution in [0, 0.1) is 10.1 Å². The molecule has 0 saturated heterocycles. The molecule has 0 bridgehead atoms. The number of nitro benzene ring substituents is 1. The molecule has 6 heteroatoms. The van der Waals surface area contributed by atoms with Crippen molar-refractivity contribution in [1.82, 2.24) is 0 Å². The summed E-state index contributed by atoms with van der Waals surface area (Å²) < 4.78 is -1.28. The summed E-state index contributed by atoms with van der Waals surface area (Å²) in [6.07, 6.45) is 0. The number of hydrogen-bond donors (Lipinski definition) is 0. The highest BCUT2D eigenvalue weighted by Crippen LogP contribution is 2.41. The van der Waals surface area contributed by atoms with E-state index in [2.05, 4.69) is 15.9 Å². The third-order valence-corrected chi connectivity index (χ3v) is 2.28. The van der Waals surface area contributed by atoms with Crippen molar-refractivity contribution < 1.29 is 4.92 Å². The maximum absolute atomic E-state index is 10.4. The zero-order chi connectivity index (χ0) is 10.1. The molecule has 0 saturated carbocycles. The Hall–Kier alpha value is -0.320. The van der Waals surface area contributed by atoms with Crippen molar-refractivity contribution in [2.24, 2.45) is 0 Å². The Morgan fingerprint density at radius 1 is 1.46 bits per heavy atom. The second-order valence-electron chi connectivity index (χ2n) is 2.31. The summed E-state index contributed by atoms with van der Waals surface area (Å²) in [4.78, 5) is 9.88. The van der Waals surface area contributed by atoms with Gasteiger partial charge >= 0.3 is 0 Å². The van der Waals surface area contributed by atoms with E-state index in [4.69, 9.17) is 23.2 Å². The molecular formula is C7H4BrCl2NO2. The van der Waals surface area contributed by atoms with Crippen LogP contribution in [-0.2, 0) is 3.24 Å². The van der Waals surface area contributed by atoms with E-state index < -0.39 is 8.17 Å². The first-order chi connectivity index (χ1) is 5.91. The maximum atomic E-state index is 10.4. The zero-order valence-corrected chi connectivity index (χ0v) is 9.30. The Bertz CT molecular complexity index is 338. The lowest BCUT2D eigenvalue weighted by Gasteiger charge is -2.10. The number of halogens is 3. The lowest BCUT2D eigenvalue weighted by Crippen LogP contribution is -1.99. The van der Waals surface area contributed by atoms with Crippen LogP contribution < -0.4 is 0 Å². The molecule has 1 aromatic carbocycles. The van der Waals surface area contributed by atoms with E-state index in [1.807, 2.05) is 0 Å². The van der Waals surface area contributed by atoms with Gasteiger partial charge in [0.05, 0.1) is 4.92 Å². The van der Waals surface area contributed by atoms with Gasteiger partial charge in [0.1, 0.15) is 0 Å². The molecule has 0 unspecified atom stereocenters. The van der Waals surface area contributed by atoms with E-state index in [0.29, 0.717) is 5.56 Å². The molecule has 0 amide bonds. The minimum atomic E-state index is -1.28. The van der Waals surface area contributed by atoms with Crippen molar-refractivity contribution in [3.05, 3.63) is 39.9 Å². The Kier molecular flexibility index (Phi) is 3.16. The van der Waals surface area contributed by atoms with Crippen molar-refractivity contribution >= 4 is 44.8 Å². The highest BCUT2D eigenvalue weighted by molar-refractivity contribution is 9.10. The molecule has 0 aliphatic rings. The summed E-state index contributed by atoms with van der Waals surface area (Å²) in [5.41, 5.74) is 0.396. The molecule has 0 spiro atoms. The Balaban J connectivity index is 3.13. The molecule has 0 aliphatic carbocycles. The second-order valence-corrected chi connectivity index (χ2v) is 5.74. The topological polar surface area (TPSA) is 43.1 Å². The van der Waals surface area contributed by atoms with E-state index in [0.717, 1.165) is 0 Å². The summed E-state index contributed by atoms with van der Waals surface area (Å²) in [6, 6.07) is 5.81. The zero-order valence-electron chi connectivity index (χ0n) is 6.21. The molecule has 0 N–H and O–H groups in total. The fraction of sp³-hybridized carbons (Fsp3) is 0.143. The van der Waals surface area contributed by atoms with Crippen LogP contribution in [0.2, 0.25) is 0 Å². The smallest absolute Gasteiger partial charge is 0.258 e. The van der Waals surface area contributed by atoms with Gasteiger partial charge in [-0.2, -0.15) is 0 Å². The van der Waals surface area contributed by atoms with Crippen LogP contribution in [0.3, 0.4) is 0 Å². The summed E-state index contributed by atoms with van der Waals surface area (Å²) in [5.74, 6) is 0. The lowest BCUT2D eigenvalue weighted by molar-refractivity contribution is -0.384. The minimum Gasteiger partial charge on any atom is -0.258 e. The SMILES string of the molecule is O=[N+]([O-])c1cccc(C(Cl)(Cl)Br)c1. The van der Waals surface area contributed by atoms with Crippen molar-refractivity contribution in [3.8, 4) is 0 Å². The van der Waals surface area contributed by atoms with E-state index in [1.54, 1.807) is 6.07 Å². The summed E-state index contributed by atoms with van der Waals surface area (Å²) in [7, 11) is 0. The molecule has 1 rings (SSSR count). The van der Waals surface area contributed by atoms with Gasteiger partial charge in [-0.15, -0.1) is 0 Å². The van der Waals surface area contributed by atoms with Crippen LogP contribution in [-0.4, -0.2) is 4.92 Å². The number of nitro groups is 1. The number of benzene rings is 1. The van der Waals surface area contributed by atoms with Crippen molar-refractivity contribution in [2.45, 2.75) is 3.24 Å². The molecule has 0 fully saturated rings. The highest BCUT2D eigenvalue weighted by atomic mass is 79.9. The van der Waals surface area contributed by atoms with Gasteiger partial charge in [0.25, 0.3) is 5.69 Å². The number of hydrogen-bond acceptors (Lipinski definition) is 2. The van der Waals surface area contributed by atoms with Gasteiger partial charge in [-0.05, 0) is 15.9 Å². The Labute approximate surface area is 92.9 Å². The van der Waals surface area contributed by atoms with Gasteiger partial charge in [0.15, 0.2) is 3.24 Å². The van der Waals surface area contributed by atoms with Crippen LogP contribution >= 0.6 is 39.1 Å². The quantitative estimate of drug-likeness (QED) is 0.473. The van der Waals surface area contributed by atoms with Gasteiger partial charge in [0, 0.05) is 17.7 Å². The third kappa shape index (κ3) is 2.83. The molecule has 13 heavy (non-hydrogen) atoms. The Morgan fingerprint density at radius 2 is 2.08 bits per heavy atom. The molecule has 3 nitrogen and oxygen atoms in total. The van der Waals surface area contributed by atoms with Crippen molar-refractivity contribution in [2.75, 3.05) is 0 Å². The second kappa shape index (κ2) is 3.82. The number of rotatable bonds is 2. The molecule has 70 valence electrons. The van der Waals surface area contributed by atoms with Gasteiger partial charge in [-0.25, -0.2) is 0 Å². The van der Waals surface area contributed by atoms with Crippen molar-refractivity contribution in [3.63, 3.8) is 0 Å². The van der Waals surface area contributed by atoms with Gasteiger partial charge < -0.3 is 0 Å². The van der Waals surface area contributed by atoms with Crippen molar-refractivity contribution in [1.29, 1.82) is 0 Å². The van der Waals surface area contributed by atoms with E-state index in [1.165, 1.54) is 18.2 Å². The molecule has 1 aromatic rings. The van der Waals surface area contributed by atoms with E-state index in [9.17, 15) is 10.1 Å². The predicted octanol–water partition coefficient (Wildman–Crippen LogP) is 3.58. The largest absolute Gasteiger partial charge is 0.269 e. The monoisotopic (exact) mass is 283 g/mol.